The maximum Gasteiger partial charge on any atom is 0.349 e. The Labute approximate surface area is 256 Å². The van der Waals surface area contributed by atoms with Crippen molar-refractivity contribution in [2.75, 3.05) is 13.2 Å². The molecule has 214 valence electrons. The van der Waals surface area contributed by atoms with Gasteiger partial charge in [0.15, 0.2) is 0 Å². The van der Waals surface area contributed by atoms with Crippen LogP contribution in [-0.2, 0) is 19.1 Å². The average Bonchev–Trinajstić information content (AvgIpc) is 3.08. The fraction of sp³-hybridized carbons (Fsp3) is 0.0526. The fourth-order valence-electron chi connectivity index (χ4n) is 4.25. The van der Waals surface area contributed by atoms with E-state index in [2.05, 4.69) is 0 Å². The van der Waals surface area contributed by atoms with Crippen molar-refractivity contribution < 1.29 is 19.1 Å². The molecule has 4 rings (SSSR count). The molecule has 0 bridgehead atoms. The van der Waals surface area contributed by atoms with Gasteiger partial charge in [0.2, 0.25) is 0 Å². The molecule has 0 unspecified atom stereocenters. The third-order valence-corrected chi connectivity index (χ3v) is 6.40. The van der Waals surface area contributed by atoms with Crippen molar-refractivity contribution in [2.45, 2.75) is 0 Å². The van der Waals surface area contributed by atoms with Crippen LogP contribution in [0.25, 0.3) is 11.1 Å². The van der Waals surface area contributed by atoms with Crippen molar-refractivity contribution >= 4 is 23.1 Å². The first kappa shape index (κ1) is 30.7. The minimum absolute atomic E-state index is 0.210. The molecule has 0 saturated heterocycles. The molecule has 0 radical (unpaired) electrons. The summed E-state index contributed by atoms with van der Waals surface area (Å²) in [5.74, 6) is -1.70. The smallest absolute Gasteiger partial charge is 0.349 e. The van der Waals surface area contributed by atoms with E-state index in [-0.39, 0.29) is 24.4 Å². The average molecular weight is 577 g/mol. The molecular formula is C38H28N2O4. The Balaban J connectivity index is 1.40. The molecule has 0 aliphatic carbocycles. The molecule has 0 saturated carbocycles. The van der Waals surface area contributed by atoms with Crippen LogP contribution < -0.4 is 0 Å². The van der Waals surface area contributed by atoms with Crippen LogP contribution in [0, 0.1) is 22.7 Å². The molecule has 0 aliphatic heterocycles. The van der Waals surface area contributed by atoms with Crippen molar-refractivity contribution in [2.24, 2.45) is 0 Å². The summed E-state index contributed by atoms with van der Waals surface area (Å²) in [6.07, 6.45) is 6.20. The van der Waals surface area contributed by atoms with Crippen LogP contribution in [0.1, 0.15) is 22.3 Å². The van der Waals surface area contributed by atoms with E-state index in [4.69, 9.17) is 9.47 Å². The first-order chi connectivity index (χ1) is 21.6. The van der Waals surface area contributed by atoms with E-state index in [0.717, 1.165) is 33.4 Å². The van der Waals surface area contributed by atoms with Crippen LogP contribution in [0.4, 0.5) is 0 Å². The number of hydrogen-bond acceptors (Lipinski definition) is 6. The predicted molar refractivity (Wildman–Crippen MR) is 169 cm³/mol. The van der Waals surface area contributed by atoms with Crippen LogP contribution in [0.15, 0.2) is 157 Å². The SMILES string of the molecule is N#C/C(=C\C=C(c1ccccc1)c1ccccc1)C(=O)OCCOC(=O)/C(C#N)=C/C=C(c1ccccc1)c1ccccc1. The van der Waals surface area contributed by atoms with Gasteiger partial charge in [-0.3, -0.25) is 0 Å². The number of rotatable bonds is 11. The number of esters is 2. The lowest BCUT2D eigenvalue weighted by molar-refractivity contribution is -0.146. The van der Waals surface area contributed by atoms with Crippen LogP contribution in [-0.4, -0.2) is 25.2 Å². The normalized spacial score (nSPS) is 10.9. The molecule has 0 heterocycles. The Morgan fingerprint density at radius 2 is 0.750 bits per heavy atom. The largest absolute Gasteiger partial charge is 0.458 e. The third-order valence-electron chi connectivity index (χ3n) is 6.40. The highest BCUT2D eigenvalue weighted by Crippen LogP contribution is 2.25. The molecular weight excluding hydrogens is 548 g/mol. The second-order valence-electron chi connectivity index (χ2n) is 9.28. The first-order valence-corrected chi connectivity index (χ1v) is 13.8. The van der Waals surface area contributed by atoms with E-state index >= 15 is 0 Å². The number of benzene rings is 4. The summed E-state index contributed by atoms with van der Waals surface area (Å²) < 4.78 is 10.3. The topological polar surface area (TPSA) is 100 Å². The lowest BCUT2D eigenvalue weighted by atomic mass is 9.97. The van der Waals surface area contributed by atoms with Crippen LogP contribution in [0.2, 0.25) is 0 Å². The van der Waals surface area contributed by atoms with E-state index < -0.39 is 11.9 Å². The molecule has 44 heavy (non-hydrogen) atoms. The Morgan fingerprint density at radius 1 is 0.477 bits per heavy atom. The van der Waals surface area contributed by atoms with E-state index in [1.54, 1.807) is 12.2 Å². The summed E-state index contributed by atoms with van der Waals surface area (Å²) in [7, 11) is 0. The lowest BCUT2D eigenvalue weighted by Crippen LogP contribution is -2.15. The van der Waals surface area contributed by atoms with Gasteiger partial charge in [-0.05, 0) is 45.6 Å². The molecule has 0 aromatic heterocycles. The van der Waals surface area contributed by atoms with Crippen molar-refractivity contribution in [3.8, 4) is 12.1 Å². The first-order valence-electron chi connectivity index (χ1n) is 13.8. The Morgan fingerprint density at radius 3 is 1.00 bits per heavy atom. The van der Waals surface area contributed by atoms with Crippen molar-refractivity contribution in [1.29, 1.82) is 10.5 Å². The Kier molecular flexibility index (Phi) is 11.4. The minimum atomic E-state index is -0.852. The standard InChI is InChI=1S/C38H28N2O4/c39-27-33(21-23-35(29-13-5-1-6-14-29)30-15-7-2-8-16-30)37(41)43-25-26-44-38(42)34(28-40)22-24-36(31-17-9-3-10-18-31)32-19-11-4-12-20-32/h1-24H,25-26H2/b33-21+,34-22+. The van der Waals surface area contributed by atoms with Gasteiger partial charge in [0.05, 0.1) is 0 Å². The van der Waals surface area contributed by atoms with Gasteiger partial charge in [0, 0.05) is 0 Å². The monoisotopic (exact) mass is 576 g/mol. The summed E-state index contributed by atoms with van der Waals surface area (Å²) >= 11 is 0. The highest BCUT2D eigenvalue weighted by atomic mass is 16.6. The van der Waals surface area contributed by atoms with Crippen LogP contribution in [0.5, 0.6) is 0 Å². The highest BCUT2D eigenvalue weighted by molar-refractivity contribution is 5.95. The fourth-order valence-corrected chi connectivity index (χ4v) is 4.25. The number of allylic oxidation sites excluding steroid dienone is 4. The van der Waals surface area contributed by atoms with Crippen molar-refractivity contribution in [1.82, 2.24) is 0 Å². The third kappa shape index (κ3) is 8.63. The van der Waals surface area contributed by atoms with Crippen molar-refractivity contribution in [3.63, 3.8) is 0 Å². The molecule has 0 atom stereocenters. The van der Waals surface area contributed by atoms with Crippen molar-refractivity contribution in [3.05, 3.63) is 179 Å². The molecule has 0 aliphatic rings. The van der Waals surface area contributed by atoms with E-state index in [9.17, 15) is 20.1 Å². The molecule has 6 nitrogen and oxygen atoms in total. The van der Waals surface area contributed by atoms with Gasteiger partial charge in [-0.25, -0.2) is 9.59 Å². The predicted octanol–water partition coefficient (Wildman–Crippen LogP) is 7.24. The number of nitriles is 2. The zero-order chi connectivity index (χ0) is 31.0. The summed E-state index contributed by atoms with van der Waals surface area (Å²) in [6.45, 7) is -0.573. The summed E-state index contributed by atoms with van der Waals surface area (Å²) in [5, 5.41) is 19.2. The van der Waals surface area contributed by atoms with Gasteiger partial charge < -0.3 is 9.47 Å². The number of carbonyl (C=O) groups is 2. The minimum Gasteiger partial charge on any atom is -0.458 e. The molecule has 0 spiro atoms. The highest BCUT2D eigenvalue weighted by Gasteiger charge is 2.14. The van der Waals surface area contributed by atoms with E-state index in [1.807, 2.05) is 133 Å². The van der Waals surface area contributed by atoms with E-state index in [1.165, 1.54) is 12.2 Å². The number of nitrogens with zero attached hydrogens (tertiary/aromatic N) is 2. The second-order valence-corrected chi connectivity index (χ2v) is 9.28. The number of carbonyl (C=O) groups excluding carboxylic acids is 2. The summed E-state index contributed by atoms with van der Waals surface area (Å²) in [6, 6.07) is 42.1. The molecule has 6 heteroatoms. The molecule has 0 N–H and O–H groups in total. The number of ether oxygens (including phenoxy) is 2. The Hall–Kier alpha value is -6.24. The lowest BCUT2D eigenvalue weighted by Gasteiger charge is -2.08. The maximum absolute atomic E-state index is 12.6. The second kappa shape index (κ2) is 16.3. The van der Waals surface area contributed by atoms with E-state index in [0.29, 0.717) is 0 Å². The van der Waals surface area contributed by atoms with Gasteiger partial charge in [-0.1, -0.05) is 133 Å². The zero-order valence-corrected chi connectivity index (χ0v) is 23.8. The summed E-state index contributed by atoms with van der Waals surface area (Å²) in [5.41, 5.74) is 4.91. The summed E-state index contributed by atoms with van der Waals surface area (Å²) in [4.78, 5) is 25.2. The van der Waals surface area contributed by atoms with Crippen LogP contribution in [0.3, 0.4) is 0 Å². The molecule has 4 aromatic carbocycles. The number of hydrogen-bond donors (Lipinski definition) is 0. The Bertz CT molecular complexity index is 1560. The van der Waals surface area contributed by atoms with Gasteiger partial charge in [-0.15, -0.1) is 0 Å². The molecule has 4 aromatic rings. The van der Waals surface area contributed by atoms with Gasteiger partial charge in [0.1, 0.15) is 36.5 Å². The van der Waals surface area contributed by atoms with Gasteiger partial charge in [0.25, 0.3) is 0 Å². The quantitative estimate of drug-likeness (QED) is 0.0614. The molecule has 0 fully saturated rings. The van der Waals surface area contributed by atoms with Gasteiger partial charge in [-0.2, -0.15) is 10.5 Å². The maximum atomic E-state index is 12.6. The zero-order valence-electron chi connectivity index (χ0n) is 23.8. The molecule has 0 amide bonds. The van der Waals surface area contributed by atoms with Gasteiger partial charge >= 0.3 is 11.9 Å². The van der Waals surface area contributed by atoms with Crippen LogP contribution >= 0.6 is 0 Å².